The molecule has 114 valence electrons. The maximum absolute atomic E-state index is 5.75. The lowest BCUT2D eigenvalue weighted by Gasteiger charge is -2.06. The largest absolute Gasteiger partial charge is 0.494 e. The fourth-order valence-corrected chi connectivity index (χ4v) is 2.23. The molecule has 0 spiro atoms. The molecule has 1 aromatic heterocycles. The smallest absolute Gasteiger partial charge is 0.119 e. The molecular formula is C17H25N3O. The predicted molar refractivity (Wildman–Crippen MR) is 86.4 cm³/mol. The topological polar surface area (TPSA) is 49.9 Å². The van der Waals surface area contributed by atoms with E-state index < -0.39 is 0 Å². The molecule has 1 heterocycles. The summed E-state index contributed by atoms with van der Waals surface area (Å²) in [5, 5.41) is 10.5. The van der Waals surface area contributed by atoms with E-state index in [-0.39, 0.29) is 0 Å². The van der Waals surface area contributed by atoms with Gasteiger partial charge in [-0.05, 0) is 43.8 Å². The summed E-state index contributed by atoms with van der Waals surface area (Å²) in [6.45, 7) is 3.82. The molecule has 21 heavy (non-hydrogen) atoms. The second-order valence-corrected chi connectivity index (χ2v) is 5.24. The van der Waals surface area contributed by atoms with Crippen molar-refractivity contribution in [2.24, 2.45) is 0 Å². The number of ether oxygens (including phenoxy) is 1. The summed E-state index contributed by atoms with van der Waals surface area (Å²) in [5.41, 5.74) is 3.16. The van der Waals surface area contributed by atoms with Gasteiger partial charge in [0, 0.05) is 17.8 Å². The van der Waals surface area contributed by atoms with Gasteiger partial charge in [-0.15, -0.1) is 0 Å². The van der Waals surface area contributed by atoms with Crippen molar-refractivity contribution in [2.45, 2.75) is 39.2 Å². The number of hydrogen-bond donors (Lipinski definition) is 2. The van der Waals surface area contributed by atoms with Crippen molar-refractivity contribution >= 4 is 0 Å². The van der Waals surface area contributed by atoms with Crippen LogP contribution >= 0.6 is 0 Å². The number of aromatic nitrogens is 2. The Labute approximate surface area is 126 Å². The van der Waals surface area contributed by atoms with Gasteiger partial charge in [-0.25, -0.2) is 0 Å². The fraction of sp³-hybridized carbons (Fsp3) is 0.471. The van der Waals surface area contributed by atoms with Crippen molar-refractivity contribution in [3.63, 3.8) is 0 Å². The molecule has 0 unspecified atom stereocenters. The minimum absolute atomic E-state index is 0.798. The van der Waals surface area contributed by atoms with Gasteiger partial charge >= 0.3 is 0 Å². The molecular weight excluding hydrogens is 262 g/mol. The summed E-state index contributed by atoms with van der Waals surface area (Å²) in [6, 6.07) is 10.2. The van der Waals surface area contributed by atoms with Crippen LogP contribution in [0.5, 0.6) is 5.75 Å². The first-order chi connectivity index (χ1) is 10.3. The molecule has 0 radical (unpaired) electrons. The summed E-state index contributed by atoms with van der Waals surface area (Å²) in [5.74, 6) is 0.932. The molecule has 0 saturated carbocycles. The Morgan fingerprint density at radius 2 is 1.95 bits per heavy atom. The minimum atomic E-state index is 0.798. The van der Waals surface area contributed by atoms with Crippen LogP contribution in [-0.2, 0) is 6.54 Å². The molecule has 0 amide bonds. The lowest BCUT2D eigenvalue weighted by molar-refractivity contribution is 0.305. The van der Waals surface area contributed by atoms with Crippen LogP contribution in [0.15, 0.2) is 30.3 Å². The molecule has 4 heteroatoms. The highest BCUT2D eigenvalue weighted by molar-refractivity contribution is 5.60. The number of aromatic amines is 1. The third-order valence-corrected chi connectivity index (χ3v) is 3.41. The maximum atomic E-state index is 5.75. The van der Waals surface area contributed by atoms with Crippen LogP contribution in [0.2, 0.25) is 0 Å². The number of nitrogens with one attached hydrogen (secondary N) is 2. The third-order valence-electron chi connectivity index (χ3n) is 3.41. The first-order valence-corrected chi connectivity index (χ1v) is 7.75. The van der Waals surface area contributed by atoms with Gasteiger partial charge in [-0.2, -0.15) is 5.10 Å². The van der Waals surface area contributed by atoms with Crippen LogP contribution in [0.25, 0.3) is 11.3 Å². The van der Waals surface area contributed by atoms with Gasteiger partial charge in [0.15, 0.2) is 0 Å². The van der Waals surface area contributed by atoms with E-state index in [0.717, 1.165) is 42.3 Å². The van der Waals surface area contributed by atoms with Gasteiger partial charge in [-0.1, -0.05) is 26.2 Å². The monoisotopic (exact) mass is 287 g/mol. The van der Waals surface area contributed by atoms with Gasteiger partial charge < -0.3 is 10.1 Å². The van der Waals surface area contributed by atoms with Crippen molar-refractivity contribution in [1.29, 1.82) is 0 Å². The van der Waals surface area contributed by atoms with E-state index >= 15 is 0 Å². The lowest BCUT2D eigenvalue weighted by Crippen LogP contribution is -2.04. The van der Waals surface area contributed by atoms with E-state index in [1.807, 2.05) is 19.2 Å². The molecule has 2 N–H and O–H groups in total. The number of unbranched alkanes of at least 4 members (excludes halogenated alkanes) is 3. The number of H-pyrrole nitrogens is 1. The first-order valence-electron chi connectivity index (χ1n) is 7.75. The van der Waals surface area contributed by atoms with E-state index in [1.54, 1.807) is 0 Å². The van der Waals surface area contributed by atoms with Crippen LogP contribution in [0.1, 0.15) is 38.3 Å². The average Bonchev–Trinajstić information content (AvgIpc) is 2.97. The van der Waals surface area contributed by atoms with Crippen LogP contribution in [0.3, 0.4) is 0 Å². The molecule has 2 rings (SSSR count). The average molecular weight is 287 g/mol. The zero-order valence-corrected chi connectivity index (χ0v) is 13.0. The number of nitrogens with zero attached hydrogens (tertiary/aromatic N) is 1. The highest BCUT2D eigenvalue weighted by Crippen LogP contribution is 2.21. The molecule has 0 aliphatic rings. The molecule has 1 aromatic carbocycles. The molecule has 0 aliphatic carbocycles. The Morgan fingerprint density at radius 3 is 2.67 bits per heavy atom. The van der Waals surface area contributed by atoms with E-state index in [9.17, 15) is 0 Å². The number of benzene rings is 1. The van der Waals surface area contributed by atoms with Crippen molar-refractivity contribution in [1.82, 2.24) is 15.5 Å². The van der Waals surface area contributed by atoms with E-state index in [4.69, 9.17) is 4.74 Å². The zero-order valence-electron chi connectivity index (χ0n) is 13.0. The van der Waals surface area contributed by atoms with Crippen molar-refractivity contribution in [2.75, 3.05) is 13.7 Å². The van der Waals surface area contributed by atoms with Crippen LogP contribution in [-0.4, -0.2) is 23.9 Å². The molecule has 0 fully saturated rings. The van der Waals surface area contributed by atoms with Crippen molar-refractivity contribution in [3.8, 4) is 17.0 Å². The quantitative estimate of drug-likeness (QED) is 0.690. The summed E-state index contributed by atoms with van der Waals surface area (Å²) < 4.78 is 5.75. The van der Waals surface area contributed by atoms with Crippen LogP contribution in [0, 0.1) is 0 Å². The normalized spacial score (nSPS) is 10.8. The molecule has 2 aromatic rings. The second-order valence-electron chi connectivity index (χ2n) is 5.24. The molecule has 0 bridgehead atoms. The zero-order chi connectivity index (χ0) is 14.9. The Kier molecular flexibility index (Phi) is 6.28. The molecule has 0 aliphatic heterocycles. The van der Waals surface area contributed by atoms with E-state index in [0.29, 0.717) is 0 Å². The summed E-state index contributed by atoms with van der Waals surface area (Å²) in [7, 11) is 1.92. The van der Waals surface area contributed by atoms with Gasteiger partial charge in [0.05, 0.1) is 12.3 Å². The molecule has 0 atom stereocenters. The van der Waals surface area contributed by atoms with Gasteiger partial charge in [0.1, 0.15) is 5.75 Å². The summed E-state index contributed by atoms with van der Waals surface area (Å²) >= 11 is 0. The highest BCUT2D eigenvalue weighted by atomic mass is 16.5. The predicted octanol–water partition coefficient (Wildman–Crippen LogP) is 3.76. The summed E-state index contributed by atoms with van der Waals surface area (Å²) in [4.78, 5) is 0. The van der Waals surface area contributed by atoms with Gasteiger partial charge in [0.25, 0.3) is 0 Å². The fourth-order valence-electron chi connectivity index (χ4n) is 2.23. The molecule has 0 saturated heterocycles. The van der Waals surface area contributed by atoms with Crippen LogP contribution < -0.4 is 10.1 Å². The first kappa shape index (κ1) is 15.6. The number of rotatable bonds is 9. The SMILES string of the molecule is CCCCCCOc1ccc(-c2cc(CNC)[nH]n2)cc1. The minimum Gasteiger partial charge on any atom is -0.494 e. The van der Waals surface area contributed by atoms with Gasteiger partial charge in [-0.3, -0.25) is 5.10 Å². The number of hydrogen-bond acceptors (Lipinski definition) is 3. The lowest BCUT2D eigenvalue weighted by atomic mass is 10.1. The second kappa shape index (κ2) is 8.47. The van der Waals surface area contributed by atoms with Crippen LogP contribution in [0.4, 0.5) is 0 Å². The highest BCUT2D eigenvalue weighted by Gasteiger charge is 2.04. The van der Waals surface area contributed by atoms with Crippen molar-refractivity contribution in [3.05, 3.63) is 36.0 Å². The third kappa shape index (κ3) is 4.90. The Morgan fingerprint density at radius 1 is 1.14 bits per heavy atom. The molecule has 4 nitrogen and oxygen atoms in total. The summed E-state index contributed by atoms with van der Waals surface area (Å²) in [6.07, 6.45) is 4.92. The van der Waals surface area contributed by atoms with Gasteiger partial charge in [0.2, 0.25) is 0 Å². The Balaban J connectivity index is 1.86. The van der Waals surface area contributed by atoms with Crippen molar-refractivity contribution < 1.29 is 4.74 Å². The maximum Gasteiger partial charge on any atom is 0.119 e. The van der Waals surface area contributed by atoms with E-state index in [1.165, 1.54) is 19.3 Å². The standard InChI is InChI=1S/C17H25N3O/c1-3-4-5-6-11-21-16-9-7-14(8-10-16)17-12-15(13-18-2)19-20-17/h7-10,12,18H,3-6,11,13H2,1-2H3,(H,19,20). The Hall–Kier alpha value is -1.81. The Bertz CT molecular complexity index is 519. The van der Waals surface area contributed by atoms with E-state index in [2.05, 4.69) is 40.6 Å².